The average molecular weight is 244 g/mol. The van der Waals surface area contributed by atoms with Gasteiger partial charge < -0.3 is 20.1 Å². The van der Waals surface area contributed by atoms with Crippen LogP contribution in [0.15, 0.2) is 0 Å². The van der Waals surface area contributed by atoms with Crippen LogP contribution < -0.4 is 5.73 Å². The lowest BCUT2D eigenvalue weighted by atomic mass is 9.96. The van der Waals surface area contributed by atoms with Crippen molar-refractivity contribution in [2.24, 2.45) is 5.73 Å². The lowest BCUT2D eigenvalue weighted by molar-refractivity contribution is -0.133. The Morgan fingerprint density at radius 3 is 2.82 bits per heavy atom. The van der Waals surface area contributed by atoms with Gasteiger partial charge in [-0.2, -0.15) is 0 Å². The van der Waals surface area contributed by atoms with Gasteiger partial charge in [0.15, 0.2) is 0 Å². The molecule has 0 aromatic rings. The highest BCUT2D eigenvalue weighted by Crippen LogP contribution is 2.22. The summed E-state index contributed by atoms with van der Waals surface area (Å²) < 4.78 is 11.2. The molecule has 0 saturated carbocycles. The van der Waals surface area contributed by atoms with E-state index < -0.39 is 0 Å². The first kappa shape index (κ1) is 14.4. The summed E-state index contributed by atoms with van der Waals surface area (Å²) in [6.07, 6.45) is 3.20. The van der Waals surface area contributed by atoms with Crippen molar-refractivity contribution in [2.45, 2.75) is 31.3 Å². The molecule has 5 nitrogen and oxygen atoms in total. The Labute approximate surface area is 103 Å². The molecule has 0 aromatic carbocycles. The van der Waals surface area contributed by atoms with Crippen LogP contribution in [-0.2, 0) is 14.3 Å². The van der Waals surface area contributed by atoms with Gasteiger partial charge in [-0.05, 0) is 19.3 Å². The quantitative estimate of drug-likeness (QED) is 0.686. The second-order valence-corrected chi connectivity index (χ2v) is 4.78. The summed E-state index contributed by atoms with van der Waals surface area (Å²) >= 11 is 0. The van der Waals surface area contributed by atoms with E-state index in [9.17, 15) is 4.79 Å². The number of nitrogens with zero attached hydrogens (tertiary/aromatic N) is 1. The third kappa shape index (κ3) is 4.61. The van der Waals surface area contributed by atoms with Crippen LogP contribution in [-0.4, -0.2) is 56.9 Å². The van der Waals surface area contributed by atoms with Crippen molar-refractivity contribution in [1.29, 1.82) is 0 Å². The van der Waals surface area contributed by atoms with Crippen LogP contribution >= 0.6 is 0 Å². The van der Waals surface area contributed by atoms with Crippen LogP contribution in [0.1, 0.15) is 25.7 Å². The van der Waals surface area contributed by atoms with Gasteiger partial charge in [-0.15, -0.1) is 0 Å². The van der Waals surface area contributed by atoms with Gasteiger partial charge in [-0.1, -0.05) is 0 Å². The zero-order valence-electron chi connectivity index (χ0n) is 10.9. The third-order valence-electron chi connectivity index (χ3n) is 3.10. The molecule has 0 radical (unpaired) electrons. The Morgan fingerprint density at radius 2 is 2.29 bits per heavy atom. The first-order valence-corrected chi connectivity index (χ1v) is 6.21. The second kappa shape index (κ2) is 6.93. The van der Waals surface area contributed by atoms with Crippen molar-refractivity contribution >= 4 is 5.91 Å². The van der Waals surface area contributed by atoms with Crippen LogP contribution in [0.25, 0.3) is 0 Å². The van der Waals surface area contributed by atoms with E-state index in [0.717, 1.165) is 25.9 Å². The second-order valence-electron chi connectivity index (χ2n) is 4.78. The van der Waals surface area contributed by atoms with E-state index in [0.29, 0.717) is 26.2 Å². The molecule has 0 aromatic heterocycles. The van der Waals surface area contributed by atoms with Crippen LogP contribution in [0.5, 0.6) is 0 Å². The Kier molecular flexibility index (Phi) is 5.88. The number of carbonyl (C=O) groups excluding carboxylic acids is 1. The molecule has 1 heterocycles. The van der Waals surface area contributed by atoms with Crippen molar-refractivity contribution < 1.29 is 14.3 Å². The van der Waals surface area contributed by atoms with E-state index in [-0.39, 0.29) is 11.5 Å². The summed E-state index contributed by atoms with van der Waals surface area (Å²) in [5.74, 6) is 0.135. The molecule has 0 spiro atoms. The molecule has 0 bridgehead atoms. The van der Waals surface area contributed by atoms with Crippen molar-refractivity contribution in [1.82, 2.24) is 4.90 Å². The normalized spacial score (nSPS) is 24.6. The molecule has 1 saturated heterocycles. The number of hydrogen-bond acceptors (Lipinski definition) is 4. The fourth-order valence-electron chi connectivity index (χ4n) is 1.90. The molecule has 100 valence electrons. The van der Waals surface area contributed by atoms with E-state index in [2.05, 4.69) is 0 Å². The minimum atomic E-state index is -0.320. The number of ether oxygens (including phenoxy) is 2. The first-order chi connectivity index (χ1) is 8.09. The molecule has 5 heteroatoms. The molecule has 1 atom stereocenters. The number of carbonyl (C=O) groups is 1. The smallest absolute Gasteiger partial charge is 0.222 e. The van der Waals surface area contributed by atoms with Gasteiger partial charge in [-0.3, -0.25) is 4.79 Å². The summed E-state index contributed by atoms with van der Waals surface area (Å²) in [6, 6.07) is 0. The SMILES string of the molecule is CN(C)C(=O)CCCOC1(CN)CCCOC1. The largest absolute Gasteiger partial charge is 0.378 e. The molecule has 1 unspecified atom stereocenters. The number of rotatable bonds is 6. The minimum Gasteiger partial charge on any atom is -0.378 e. The molecule has 1 aliphatic rings. The van der Waals surface area contributed by atoms with Crippen LogP contribution in [0.3, 0.4) is 0 Å². The zero-order chi connectivity index (χ0) is 12.7. The van der Waals surface area contributed by atoms with Gasteiger partial charge in [0.2, 0.25) is 5.91 Å². The Hall–Kier alpha value is -0.650. The van der Waals surface area contributed by atoms with Crippen LogP contribution in [0.4, 0.5) is 0 Å². The van der Waals surface area contributed by atoms with E-state index in [4.69, 9.17) is 15.2 Å². The van der Waals surface area contributed by atoms with Gasteiger partial charge in [0, 0.05) is 40.3 Å². The monoisotopic (exact) mass is 244 g/mol. The Morgan fingerprint density at radius 1 is 1.53 bits per heavy atom. The van der Waals surface area contributed by atoms with Gasteiger partial charge in [-0.25, -0.2) is 0 Å². The first-order valence-electron chi connectivity index (χ1n) is 6.21. The topological polar surface area (TPSA) is 64.8 Å². The van der Waals surface area contributed by atoms with Crippen LogP contribution in [0, 0.1) is 0 Å². The molecule has 17 heavy (non-hydrogen) atoms. The highest BCUT2D eigenvalue weighted by molar-refractivity contribution is 5.75. The predicted octanol–water partition coefficient (Wildman–Crippen LogP) is 0.379. The van der Waals surface area contributed by atoms with Gasteiger partial charge in [0.05, 0.1) is 6.61 Å². The highest BCUT2D eigenvalue weighted by atomic mass is 16.5. The van der Waals surface area contributed by atoms with E-state index >= 15 is 0 Å². The Balaban J connectivity index is 2.22. The summed E-state index contributed by atoms with van der Waals surface area (Å²) in [5, 5.41) is 0. The molecule has 1 amide bonds. The maximum atomic E-state index is 11.4. The molecule has 1 aliphatic heterocycles. The minimum absolute atomic E-state index is 0.135. The molecule has 1 fully saturated rings. The molecular formula is C12H24N2O3. The van der Waals surface area contributed by atoms with Gasteiger partial charge >= 0.3 is 0 Å². The summed E-state index contributed by atoms with van der Waals surface area (Å²) in [5.41, 5.74) is 5.43. The highest BCUT2D eigenvalue weighted by Gasteiger charge is 2.32. The average Bonchev–Trinajstić information content (AvgIpc) is 2.35. The van der Waals surface area contributed by atoms with E-state index in [1.54, 1.807) is 19.0 Å². The number of amides is 1. The van der Waals surface area contributed by atoms with Crippen molar-refractivity contribution in [2.75, 3.05) is 40.5 Å². The van der Waals surface area contributed by atoms with Crippen molar-refractivity contribution in [3.63, 3.8) is 0 Å². The maximum absolute atomic E-state index is 11.4. The van der Waals surface area contributed by atoms with E-state index in [1.807, 2.05) is 0 Å². The summed E-state index contributed by atoms with van der Waals surface area (Å²) in [4.78, 5) is 13.0. The zero-order valence-corrected chi connectivity index (χ0v) is 10.9. The molecule has 2 N–H and O–H groups in total. The predicted molar refractivity (Wildman–Crippen MR) is 65.7 cm³/mol. The van der Waals surface area contributed by atoms with Crippen molar-refractivity contribution in [3.8, 4) is 0 Å². The van der Waals surface area contributed by atoms with Crippen molar-refractivity contribution in [3.05, 3.63) is 0 Å². The fourth-order valence-corrected chi connectivity index (χ4v) is 1.90. The molecular weight excluding hydrogens is 220 g/mol. The summed E-state index contributed by atoms with van der Waals surface area (Å²) in [6.45, 7) is 2.42. The molecule has 1 rings (SSSR count). The maximum Gasteiger partial charge on any atom is 0.222 e. The number of hydrogen-bond donors (Lipinski definition) is 1. The molecule has 0 aliphatic carbocycles. The lowest BCUT2D eigenvalue weighted by Crippen LogP contribution is -2.48. The van der Waals surface area contributed by atoms with Gasteiger partial charge in [0.25, 0.3) is 0 Å². The van der Waals surface area contributed by atoms with Gasteiger partial charge in [0.1, 0.15) is 5.60 Å². The Bertz CT molecular complexity index is 238. The standard InChI is InChI=1S/C12H24N2O3/c1-14(2)11(15)5-3-8-17-12(9-13)6-4-7-16-10-12/h3-10,13H2,1-2H3. The number of nitrogens with two attached hydrogens (primary N) is 1. The van der Waals surface area contributed by atoms with Crippen LogP contribution in [0.2, 0.25) is 0 Å². The summed E-state index contributed by atoms with van der Waals surface area (Å²) in [7, 11) is 3.53. The fraction of sp³-hybridized carbons (Fsp3) is 0.917. The lowest BCUT2D eigenvalue weighted by Gasteiger charge is -2.35. The van der Waals surface area contributed by atoms with E-state index in [1.165, 1.54) is 0 Å². The third-order valence-corrected chi connectivity index (χ3v) is 3.10.